The number of hydrogen-bond donors (Lipinski definition) is 1. The Morgan fingerprint density at radius 3 is 2.15 bits per heavy atom. The van der Waals surface area contributed by atoms with Crippen molar-refractivity contribution >= 4 is 37.5 Å². The minimum atomic E-state index is -0.491. The highest BCUT2D eigenvalue weighted by molar-refractivity contribution is 7.25. The molecule has 0 unspecified atom stereocenters. The lowest BCUT2D eigenvalue weighted by Crippen LogP contribution is -2.42. The van der Waals surface area contributed by atoms with Crippen molar-refractivity contribution in [2.45, 2.75) is 19.6 Å². The van der Waals surface area contributed by atoms with Crippen LogP contribution in [0, 0.1) is 0 Å². The van der Waals surface area contributed by atoms with Gasteiger partial charge in [0.1, 0.15) is 11.2 Å². The molecule has 0 saturated carbocycles. The van der Waals surface area contributed by atoms with Gasteiger partial charge in [-0.05, 0) is 17.2 Å². The highest BCUT2D eigenvalue weighted by Crippen LogP contribution is 2.30. The number of hydrogen-bond acceptors (Lipinski definition) is 4. The van der Waals surface area contributed by atoms with E-state index in [-0.39, 0.29) is 24.6 Å². The first kappa shape index (κ1) is 20.9. The van der Waals surface area contributed by atoms with Crippen LogP contribution < -0.4 is 16.6 Å². The third kappa shape index (κ3) is 4.10. The van der Waals surface area contributed by atoms with Crippen LogP contribution in [0.5, 0.6) is 0 Å². The summed E-state index contributed by atoms with van der Waals surface area (Å²) >= 11 is 1.35. The maximum atomic E-state index is 13.5. The molecule has 0 aliphatic carbocycles. The van der Waals surface area contributed by atoms with Gasteiger partial charge in [0.15, 0.2) is 0 Å². The summed E-state index contributed by atoms with van der Waals surface area (Å²) < 4.78 is 4.03. The first-order valence-corrected chi connectivity index (χ1v) is 11.4. The van der Waals surface area contributed by atoms with E-state index in [1.807, 2.05) is 84.9 Å². The Labute approximate surface area is 193 Å². The molecule has 1 N–H and O–H groups in total. The van der Waals surface area contributed by atoms with Crippen LogP contribution in [0.1, 0.15) is 11.1 Å². The molecule has 0 radical (unpaired) electrons. The number of aromatic nitrogens is 2. The quantitative estimate of drug-likeness (QED) is 0.424. The molecule has 5 rings (SSSR count). The van der Waals surface area contributed by atoms with Gasteiger partial charge in [0.25, 0.3) is 5.56 Å². The number of amides is 1. The predicted molar refractivity (Wildman–Crippen MR) is 132 cm³/mol. The van der Waals surface area contributed by atoms with E-state index in [0.29, 0.717) is 16.8 Å². The summed E-state index contributed by atoms with van der Waals surface area (Å²) in [6, 6.07) is 26.5. The Hall–Kier alpha value is -3.97. The smallest absolute Gasteiger partial charge is 0.332 e. The van der Waals surface area contributed by atoms with Gasteiger partial charge in [-0.1, -0.05) is 78.9 Å². The molecule has 164 valence electrons. The zero-order valence-electron chi connectivity index (χ0n) is 17.7. The summed E-state index contributed by atoms with van der Waals surface area (Å²) in [5.41, 5.74) is 1.51. The van der Waals surface area contributed by atoms with Gasteiger partial charge in [0.05, 0.1) is 12.1 Å². The van der Waals surface area contributed by atoms with Gasteiger partial charge in [-0.15, -0.1) is 11.3 Å². The number of nitrogens with zero attached hydrogens (tertiary/aromatic N) is 2. The second kappa shape index (κ2) is 8.88. The van der Waals surface area contributed by atoms with Gasteiger partial charge in [0, 0.05) is 16.6 Å². The molecule has 1 amide bonds. The average Bonchev–Trinajstić information content (AvgIpc) is 3.24. The monoisotopic (exact) mass is 455 g/mol. The number of nitrogens with one attached hydrogen (secondary N) is 1. The maximum absolute atomic E-state index is 13.5. The second-order valence-corrected chi connectivity index (χ2v) is 8.84. The zero-order chi connectivity index (χ0) is 22.8. The van der Waals surface area contributed by atoms with E-state index >= 15 is 0 Å². The van der Waals surface area contributed by atoms with Crippen LogP contribution in [0.4, 0.5) is 0 Å². The molecule has 0 aliphatic heterocycles. The van der Waals surface area contributed by atoms with Gasteiger partial charge in [-0.25, -0.2) is 4.79 Å². The van der Waals surface area contributed by atoms with E-state index in [4.69, 9.17) is 0 Å². The molecule has 3 aromatic carbocycles. The summed E-state index contributed by atoms with van der Waals surface area (Å²) in [6.07, 6.45) is 0. The Kier molecular flexibility index (Phi) is 5.62. The lowest BCUT2D eigenvalue weighted by molar-refractivity contribution is -0.121. The fourth-order valence-corrected chi connectivity index (χ4v) is 5.10. The van der Waals surface area contributed by atoms with Crippen molar-refractivity contribution < 1.29 is 4.79 Å². The summed E-state index contributed by atoms with van der Waals surface area (Å²) in [6.45, 7) is 0.345. The number of carbonyl (C=O) groups excluding carboxylic acids is 1. The highest BCUT2D eigenvalue weighted by atomic mass is 32.1. The topological polar surface area (TPSA) is 73.1 Å². The molecule has 6 nitrogen and oxygen atoms in total. The minimum absolute atomic E-state index is 0.147. The van der Waals surface area contributed by atoms with Crippen LogP contribution in [0.3, 0.4) is 0 Å². The van der Waals surface area contributed by atoms with Gasteiger partial charge in [0.2, 0.25) is 5.91 Å². The lowest BCUT2D eigenvalue weighted by atomic mass is 10.2. The third-order valence-corrected chi connectivity index (χ3v) is 6.71. The first-order chi connectivity index (χ1) is 16.1. The Morgan fingerprint density at radius 1 is 0.788 bits per heavy atom. The molecule has 2 aromatic heterocycles. The molecule has 0 atom stereocenters. The highest BCUT2D eigenvalue weighted by Gasteiger charge is 2.20. The number of rotatable bonds is 6. The molecule has 7 heteroatoms. The maximum Gasteiger partial charge on any atom is 0.332 e. The van der Waals surface area contributed by atoms with E-state index in [1.165, 1.54) is 20.5 Å². The van der Waals surface area contributed by atoms with Crippen molar-refractivity contribution in [1.29, 1.82) is 0 Å². The molecule has 0 aliphatic rings. The fraction of sp³-hybridized carbons (Fsp3) is 0.115. The van der Waals surface area contributed by atoms with Crippen molar-refractivity contribution in [3.63, 3.8) is 0 Å². The van der Waals surface area contributed by atoms with Crippen LogP contribution >= 0.6 is 11.3 Å². The fourth-order valence-electron chi connectivity index (χ4n) is 3.94. The van der Waals surface area contributed by atoms with E-state index in [0.717, 1.165) is 21.2 Å². The summed E-state index contributed by atoms with van der Waals surface area (Å²) in [5, 5.41) is 3.68. The van der Waals surface area contributed by atoms with Gasteiger partial charge in [-0.2, -0.15) is 0 Å². The number of benzene rings is 3. The summed E-state index contributed by atoms with van der Waals surface area (Å²) in [5.74, 6) is -0.289. The molecule has 5 aromatic rings. The number of fused-ring (bicyclic) bond motifs is 3. The zero-order valence-corrected chi connectivity index (χ0v) is 18.5. The van der Waals surface area contributed by atoms with Crippen molar-refractivity contribution in [3.05, 3.63) is 117 Å². The van der Waals surface area contributed by atoms with Crippen molar-refractivity contribution in [1.82, 2.24) is 14.5 Å². The Morgan fingerprint density at radius 2 is 1.42 bits per heavy atom. The van der Waals surface area contributed by atoms with E-state index < -0.39 is 5.69 Å². The molecule has 0 saturated heterocycles. The third-order valence-electron chi connectivity index (χ3n) is 5.56. The molecule has 0 bridgehead atoms. The van der Waals surface area contributed by atoms with Crippen molar-refractivity contribution in [2.75, 3.05) is 0 Å². The standard InChI is InChI=1S/C26H21N3O3S/c30-22(27-15-18-9-3-1-4-10-18)17-28-23-20-13-7-8-14-21(20)33-24(23)25(31)29(26(28)32)16-19-11-5-2-6-12-19/h1-14H,15-17H2,(H,27,30). The van der Waals surface area contributed by atoms with Crippen LogP contribution in [0.15, 0.2) is 94.5 Å². The molecular weight excluding hydrogens is 434 g/mol. The SMILES string of the molecule is O=C(Cn1c(=O)n(Cc2ccccc2)c(=O)c2sc3ccccc3c21)NCc1ccccc1. The normalized spacial score (nSPS) is 11.2. The van der Waals surface area contributed by atoms with Gasteiger partial charge >= 0.3 is 5.69 Å². The summed E-state index contributed by atoms with van der Waals surface area (Å²) in [7, 11) is 0. The number of carbonyl (C=O) groups is 1. The molecule has 0 fully saturated rings. The van der Waals surface area contributed by atoms with Crippen molar-refractivity contribution in [2.24, 2.45) is 0 Å². The van der Waals surface area contributed by atoms with Crippen molar-refractivity contribution in [3.8, 4) is 0 Å². The second-order valence-electron chi connectivity index (χ2n) is 7.78. The average molecular weight is 456 g/mol. The molecule has 0 spiro atoms. The first-order valence-electron chi connectivity index (χ1n) is 10.6. The van der Waals surface area contributed by atoms with E-state index in [1.54, 1.807) is 0 Å². The molecule has 33 heavy (non-hydrogen) atoms. The minimum Gasteiger partial charge on any atom is -0.350 e. The van der Waals surface area contributed by atoms with E-state index in [9.17, 15) is 14.4 Å². The van der Waals surface area contributed by atoms with Gasteiger partial charge in [-0.3, -0.25) is 18.7 Å². The Bertz CT molecular complexity index is 1570. The summed E-state index contributed by atoms with van der Waals surface area (Å²) in [4.78, 5) is 39.7. The number of thiophene rings is 1. The van der Waals surface area contributed by atoms with Crippen LogP contribution in [0.25, 0.3) is 20.3 Å². The Balaban J connectivity index is 1.60. The van der Waals surface area contributed by atoms with Crippen LogP contribution in [-0.2, 0) is 24.4 Å². The lowest BCUT2D eigenvalue weighted by Gasteiger charge is -2.13. The van der Waals surface area contributed by atoms with Crippen LogP contribution in [-0.4, -0.2) is 15.0 Å². The molecule has 2 heterocycles. The largest absolute Gasteiger partial charge is 0.350 e. The predicted octanol–water partition coefficient (Wildman–Crippen LogP) is 3.74. The van der Waals surface area contributed by atoms with Gasteiger partial charge < -0.3 is 5.32 Å². The molecular formula is C26H21N3O3S. The van der Waals surface area contributed by atoms with Crippen LogP contribution in [0.2, 0.25) is 0 Å². The van der Waals surface area contributed by atoms with E-state index in [2.05, 4.69) is 5.32 Å².